The van der Waals surface area contributed by atoms with Crippen LogP contribution in [0.25, 0.3) is 0 Å². The summed E-state index contributed by atoms with van der Waals surface area (Å²) in [5.41, 5.74) is 0. The van der Waals surface area contributed by atoms with Gasteiger partial charge in [-0.25, -0.2) is 0 Å². The van der Waals surface area contributed by atoms with Gasteiger partial charge in [-0.1, -0.05) is 179 Å². The van der Waals surface area contributed by atoms with Crippen molar-refractivity contribution in [3.63, 3.8) is 0 Å². The Kier molecular flexibility index (Phi) is 42.0. The smallest absolute Gasteiger partial charge is 0.306 e. The summed E-state index contributed by atoms with van der Waals surface area (Å²) in [4.78, 5) is 37.6. The van der Waals surface area contributed by atoms with Gasteiger partial charge in [0.2, 0.25) is 0 Å². The van der Waals surface area contributed by atoms with Gasteiger partial charge in [-0.15, -0.1) is 0 Å². The van der Waals surface area contributed by atoms with Gasteiger partial charge < -0.3 is 14.2 Å². The highest BCUT2D eigenvalue weighted by molar-refractivity contribution is 5.71. The maximum atomic E-state index is 12.7. The van der Waals surface area contributed by atoms with Crippen LogP contribution in [-0.4, -0.2) is 37.2 Å². The van der Waals surface area contributed by atoms with E-state index in [-0.39, 0.29) is 31.1 Å². The van der Waals surface area contributed by atoms with Crippen molar-refractivity contribution in [2.45, 2.75) is 232 Å². The molecule has 6 nitrogen and oxygen atoms in total. The lowest BCUT2D eigenvalue weighted by Crippen LogP contribution is -2.30. The van der Waals surface area contributed by atoms with Gasteiger partial charge >= 0.3 is 17.9 Å². The SMILES string of the molecule is CC/C=C\C/C=C\C/C=C\CCCCCCCCCC(=O)OCC(COC(=O)CCCCCCCC)OC(=O)CCCCCCC/C=C\CCCCCCC. The fourth-order valence-electron chi connectivity index (χ4n) is 6.33. The Morgan fingerprint density at radius 3 is 1.13 bits per heavy atom. The van der Waals surface area contributed by atoms with Gasteiger partial charge in [-0.3, -0.25) is 14.4 Å². The van der Waals surface area contributed by atoms with Crippen LogP contribution in [0.4, 0.5) is 0 Å². The van der Waals surface area contributed by atoms with Crippen LogP contribution < -0.4 is 0 Å². The van der Waals surface area contributed by atoms with E-state index in [0.29, 0.717) is 19.3 Å². The molecule has 0 bridgehead atoms. The standard InChI is InChI=1S/C49H86O6/c1-4-7-10-13-16-18-20-22-24-25-26-28-29-31-33-36-39-42-48(51)54-45-46(44-53-47(50)41-38-35-15-12-9-6-3)55-49(52)43-40-37-34-32-30-27-23-21-19-17-14-11-8-5-2/h7,10,16,18,21-24,46H,4-6,8-9,11-15,17,19-20,25-45H2,1-3H3/b10-7-,18-16-,23-21-,24-22-. The molecule has 0 fully saturated rings. The van der Waals surface area contributed by atoms with Crippen LogP contribution in [0, 0.1) is 0 Å². The first kappa shape index (κ1) is 52.4. The van der Waals surface area contributed by atoms with E-state index in [1.807, 2.05) is 0 Å². The minimum Gasteiger partial charge on any atom is -0.462 e. The molecule has 1 atom stereocenters. The Morgan fingerprint density at radius 2 is 0.709 bits per heavy atom. The first-order valence-corrected chi connectivity index (χ1v) is 23.1. The minimum atomic E-state index is -0.775. The van der Waals surface area contributed by atoms with Crippen molar-refractivity contribution in [2.75, 3.05) is 13.2 Å². The second-order valence-corrected chi connectivity index (χ2v) is 15.3. The van der Waals surface area contributed by atoms with Crippen molar-refractivity contribution in [1.29, 1.82) is 0 Å². The predicted octanol–water partition coefficient (Wildman–Crippen LogP) is 14.8. The summed E-state index contributed by atoms with van der Waals surface area (Å²) in [6.07, 6.45) is 51.1. The molecule has 318 valence electrons. The fraction of sp³-hybridized carbons (Fsp3) is 0.776. The minimum absolute atomic E-state index is 0.0796. The average molecular weight is 771 g/mol. The van der Waals surface area contributed by atoms with E-state index in [9.17, 15) is 14.4 Å². The number of hydrogen-bond donors (Lipinski definition) is 0. The molecule has 0 aromatic carbocycles. The van der Waals surface area contributed by atoms with Crippen molar-refractivity contribution in [3.8, 4) is 0 Å². The van der Waals surface area contributed by atoms with Crippen LogP contribution in [0.3, 0.4) is 0 Å². The van der Waals surface area contributed by atoms with Crippen LogP contribution >= 0.6 is 0 Å². The van der Waals surface area contributed by atoms with Gasteiger partial charge in [0.15, 0.2) is 6.10 Å². The molecule has 55 heavy (non-hydrogen) atoms. The highest BCUT2D eigenvalue weighted by Gasteiger charge is 2.19. The van der Waals surface area contributed by atoms with E-state index in [4.69, 9.17) is 14.2 Å². The molecule has 0 rings (SSSR count). The van der Waals surface area contributed by atoms with Crippen molar-refractivity contribution in [1.82, 2.24) is 0 Å². The third-order valence-electron chi connectivity index (χ3n) is 9.82. The number of rotatable bonds is 41. The van der Waals surface area contributed by atoms with Crippen LogP contribution in [-0.2, 0) is 28.6 Å². The molecule has 0 saturated heterocycles. The zero-order valence-electron chi connectivity index (χ0n) is 36.2. The lowest BCUT2D eigenvalue weighted by molar-refractivity contribution is -0.167. The van der Waals surface area contributed by atoms with E-state index in [1.54, 1.807) is 0 Å². The van der Waals surface area contributed by atoms with E-state index in [2.05, 4.69) is 69.4 Å². The third kappa shape index (κ3) is 42.4. The second kappa shape index (κ2) is 44.1. The molecular formula is C49H86O6. The zero-order valence-corrected chi connectivity index (χ0v) is 36.2. The Balaban J connectivity index is 4.28. The van der Waals surface area contributed by atoms with Gasteiger partial charge in [0, 0.05) is 19.3 Å². The molecule has 1 unspecified atom stereocenters. The topological polar surface area (TPSA) is 78.9 Å². The van der Waals surface area contributed by atoms with Gasteiger partial charge in [0.25, 0.3) is 0 Å². The lowest BCUT2D eigenvalue weighted by atomic mass is 10.1. The number of hydrogen-bond acceptors (Lipinski definition) is 6. The largest absolute Gasteiger partial charge is 0.462 e. The first-order chi connectivity index (χ1) is 27.0. The van der Waals surface area contributed by atoms with Gasteiger partial charge in [-0.2, -0.15) is 0 Å². The Morgan fingerprint density at radius 1 is 0.382 bits per heavy atom. The molecule has 0 saturated carbocycles. The quantitative estimate of drug-likeness (QED) is 0.0267. The lowest BCUT2D eigenvalue weighted by Gasteiger charge is -2.18. The predicted molar refractivity (Wildman–Crippen MR) is 233 cm³/mol. The summed E-state index contributed by atoms with van der Waals surface area (Å²) in [6.45, 7) is 6.44. The molecule has 0 aromatic rings. The number of allylic oxidation sites excluding steroid dienone is 8. The summed E-state index contributed by atoms with van der Waals surface area (Å²) in [7, 11) is 0. The summed E-state index contributed by atoms with van der Waals surface area (Å²) < 4.78 is 16.6. The van der Waals surface area contributed by atoms with Crippen molar-refractivity contribution < 1.29 is 28.6 Å². The molecule has 0 radical (unpaired) electrons. The summed E-state index contributed by atoms with van der Waals surface area (Å²) >= 11 is 0. The molecule has 0 aliphatic rings. The van der Waals surface area contributed by atoms with E-state index in [0.717, 1.165) is 96.3 Å². The molecule has 0 aliphatic carbocycles. The van der Waals surface area contributed by atoms with Crippen molar-refractivity contribution in [3.05, 3.63) is 48.6 Å². The first-order valence-electron chi connectivity index (χ1n) is 23.1. The van der Waals surface area contributed by atoms with Gasteiger partial charge in [0.05, 0.1) is 0 Å². The summed E-state index contributed by atoms with van der Waals surface area (Å²) in [5.74, 6) is -0.908. The van der Waals surface area contributed by atoms with E-state index < -0.39 is 6.10 Å². The number of carbonyl (C=O) groups excluding carboxylic acids is 3. The molecule has 6 heteroatoms. The molecule has 0 aliphatic heterocycles. The van der Waals surface area contributed by atoms with E-state index >= 15 is 0 Å². The van der Waals surface area contributed by atoms with Crippen molar-refractivity contribution in [2.24, 2.45) is 0 Å². The second-order valence-electron chi connectivity index (χ2n) is 15.3. The third-order valence-corrected chi connectivity index (χ3v) is 9.82. The van der Waals surface area contributed by atoms with Gasteiger partial charge in [-0.05, 0) is 77.0 Å². The summed E-state index contributed by atoms with van der Waals surface area (Å²) in [6, 6.07) is 0. The van der Waals surface area contributed by atoms with Crippen LogP contribution in [0.15, 0.2) is 48.6 Å². The fourth-order valence-corrected chi connectivity index (χ4v) is 6.33. The average Bonchev–Trinajstić information content (AvgIpc) is 3.18. The number of ether oxygens (including phenoxy) is 3. The molecule has 0 spiro atoms. The van der Waals surface area contributed by atoms with E-state index in [1.165, 1.54) is 89.9 Å². The number of carbonyl (C=O) groups is 3. The maximum Gasteiger partial charge on any atom is 0.306 e. The zero-order chi connectivity index (χ0) is 40.1. The van der Waals surface area contributed by atoms with Crippen molar-refractivity contribution >= 4 is 17.9 Å². The van der Waals surface area contributed by atoms with Crippen LogP contribution in [0.1, 0.15) is 226 Å². The number of esters is 3. The number of unbranched alkanes of at least 4 members (excludes halogenated alkanes) is 22. The monoisotopic (exact) mass is 771 g/mol. The molecular weight excluding hydrogens is 685 g/mol. The Labute approximate surface area is 339 Å². The Bertz CT molecular complexity index is 980. The molecule has 0 N–H and O–H groups in total. The van der Waals surface area contributed by atoms with Gasteiger partial charge in [0.1, 0.15) is 13.2 Å². The normalized spacial score (nSPS) is 12.4. The maximum absolute atomic E-state index is 12.7. The van der Waals surface area contributed by atoms with Crippen LogP contribution in [0.5, 0.6) is 0 Å². The molecule has 0 heterocycles. The molecule has 0 aromatic heterocycles. The highest BCUT2D eigenvalue weighted by Crippen LogP contribution is 2.14. The summed E-state index contributed by atoms with van der Waals surface area (Å²) in [5, 5.41) is 0. The molecule has 0 amide bonds. The Hall–Kier alpha value is -2.63. The highest BCUT2D eigenvalue weighted by atomic mass is 16.6. The van der Waals surface area contributed by atoms with Crippen LogP contribution in [0.2, 0.25) is 0 Å².